The maximum Gasteiger partial charge on any atom is 0.0542 e. The van der Waals surface area contributed by atoms with Gasteiger partial charge in [0.25, 0.3) is 0 Å². The molecule has 0 saturated heterocycles. The zero-order valence-corrected chi connectivity index (χ0v) is 40.5. The molecule has 0 spiro atoms. The van der Waals surface area contributed by atoms with Crippen LogP contribution in [-0.4, -0.2) is 9.13 Å². The van der Waals surface area contributed by atoms with Crippen molar-refractivity contribution in [2.45, 2.75) is 13.3 Å². The molecule has 4 heteroatoms. The summed E-state index contributed by atoms with van der Waals surface area (Å²) in [6.45, 7) is 2.30. The smallest absolute Gasteiger partial charge is 0.0542 e. The number of hydrogen-bond donors (Lipinski definition) is 0. The fourth-order valence-corrected chi connectivity index (χ4v) is 11.6. The second kappa shape index (κ2) is 17.5. The average molecular weight is 935 g/mol. The molecule has 1 aliphatic rings. The number of para-hydroxylation sites is 3. The van der Waals surface area contributed by atoms with Crippen molar-refractivity contribution in [3.63, 3.8) is 0 Å². The minimum Gasteiger partial charge on any atom is -0.310 e. The van der Waals surface area contributed by atoms with E-state index >= 15 is 0 Å². The van der Waals surface area contributed by atoms with E-state index in [9.17, 15) is 0 Å². The summed E-state index contributed by atoms with van der Waals surface area (Å²) in [6, 6.07) is 91.1. The third-order valence-corrected chi connectivity index (χ3v) is 15.0. The number of anilines is 6. The van der Waals surface area contributed by atoms with Crippen molar-refractivity contribution >= 4 is 105 Å². The lowest BCUT2D eigenvalue weighted by Gasteiger charge is -2.28. The Bertz CT molecular complexity index is 4300. The van der Waals surface area contributed by atoms with Crippen LogP contribution >= 0.6 is 0 Å². The van der Waals surface area contributed by atoms with Gasteiger partial charge >= 0.3 is 0 Å². The Morgan fingerprint density at radius 2 is 0.781 bits per heavy atom. The van der Waals surface area contributed by atoms with Gasteiger partial charge in [-0.05, 0) is 137 Å². The zero-order chi connectivity index (χ0) is 48.4. The molecule has 11 aromatic carbocycles. The lowest BCUT2D eigenvalue weighted by molar-refractivity contribution is 0.735. The van der Waals surface area contributed by atoms with Gasteiger partial charge in [0.2, 0.25) is 0 Å². The first kappa shape index (κ1) is 42.5. The molecule has 1 atom stereocenters. The molecular weight excluding hydrogens is 885 g/mol. The molecule has 346 valence electrons. The fraction of sp³-hybridized carbons (Fsp3) is 0.0435. The number of hydrogen-bond acceptors (Lipinski definition) is 2. The van der Waals surface area contributed by atoms with Gasteiger partial charge in [0.15, 0.2) is 0 Å². The molecule has 2 heterocycles. The second-order valence-electron chi connectivity index (χ2n) is 19.4. The molecule has 2 aromatic heterocycles. The van der Waals surface area contributed by atoms with Gasteiger partial charge in [-0.1, -0.05) is 171 Å². The lowest BCUT2D eigenvalue weighted by atomic mass is 10.0. The van der Waals surface area contributed by atoms with Crippen LogP contribution in [0.4, 0.5) is 34.1 Å². The molecule has 0 fully saturated rings. The van der Waals surface area contributed by atoms with Crippen molar-refractivity contribution in [2.75, 3.05) is 9.80 Å². The van der Waals surface area contributed by atoms with Crippen molar-refractivity contribution in [1.29, 1.82) is 0 Å². The maximum absolute atomic E-state index is 2.44. The molecule has 0 saturated carbocycles. The average Bonchev–Trinajstić information content (AvgIpc) is 3.96. The Hall–Kier alpha value is -9.38. The molecule has 0 aliphatic heterocycles. The predicted octanol–water partition coefficient (Wildman–Crippen LogP) is 19.2. The van der Waals surface area contributed by atoms with E-state index in [0.29, 0.717) is 5.92 Å². The highest BCUT2D eigenvalue weighted by atomic mass is 15.2. The normalized spacial score (nSPS) is 13.7. The number of nitrogens with zero attached hydrogens (tertiary/aromatic N) is 4. The van der Waals surface area contributed by atoms with E-state index in [2.05, 4.69) is 293 Å². The number of benzene rings is 11. The van der Waals surface area contributed by atoms with E-state index < -0.39 is 0 Å². The highest BCUT2D eigenvalue weighted by molar-refractivity contribution is 6.13. The third-order valence-electron chi connectivity index (χ3n) is 15.0. The highest BCUT2D eigenvalue weighted by Crippen LogP contribution is 2.45. The predicted molar refractivity (Wildman–Crippen MR) is 311 cm³/mol. The summed E-state index contributed by atoms with van der Waals surface area (Å²) in [7, 11) is 0. The van der Waals surface area contributed by atoms with Crippen LogP contribution in [0.2, 0.25) is 0 Å². The quantitative estimate of drug-likeness (QED) is 0.143. The Balaban J connectivity index is 0.867. The van der Waals surface area contributed by atoms with Gasteiger partial charge in [0, 0.05) is 66.5 Å². The standard InChI is InChI=1S/C69H50N4/c1-47-16-13-23-55(44-47)73-67-29-12-10-27-61(67)63-46-57(41-43-69(63)73)71(65-31-15-20-51-18-6-8-25-59(51)65)54-38-34-49(35-39-54)48-32-36-53(37-33-48)70(64-30-14-19-50-17-5-7-24-58(50)64)56-40-42-68-62(45-56)60-26-9-11-28-66(60)72(68)52-21-3-2-4-22-52/h2-15,17-47H,16H2,1H3. The molecule has 0 radical (unpaired) electrons. The first-order chi connectivity index (χ1) is 36.1. The molecule has 0 amide bonds. The van der Waals surface area contributed by atoms with Gasteiger partial charge in [-0.3, -0.25) is 0 Å². The molecular formula is C69H50N4. The first-order valence-electron chi connectivity index (χ1n) is 25.4. The van der Waals surface area contributed by atoms with Crippen LogP contribution in [0.1, 0.15) is 13.3 Å². The van der Waals surface area contributed by atoms with Crippen LogP contribution in [0.5, 0.6) is 0 Å². The zero-order valence-electron chi connectivity index (χ0n) is 40.5. The van der Waals surface area contributed by atoms with E-state index in [4.69, 9.17) is 0 Å². The summed E-state index contributed by atoms with van der Waals surface area (Å²) in [4.78, 5) is 4.85. The Morgan fingerprint density at radius 1 is 0.356 bits per heavy atom. The van der Waals surface area contributed by atoms with E-state index in [1.807, 2.05) is 0 Å². The summed E-state index contributed by atoms with van der Waals surface area (Å²) in [5.41, 5.74) is 16.2. The van der Waals surface area contributed by atoms with Gasteiger partial charge < -0.3 is 18.9 Å². The number of allylic oxidation sites excluding steroid dienone is 4. The minimum absolute atomic E-state index is 0.491. The van der Waals surface area contributed by atoms with Crippen LogP contribution < -0.4 is 9.80 Å². The van der Waals surface area contributed by atoms with Crippen LogP contribution in [-0.2, 0) is 0 Å². The summed E-state index contributed by atoms with van der Waals surface area (Å²) < 4.78 is 4.82. The van der Waals surface area contributed by atoms with Crippen molar-refractivity contribution in [1.82, 2.24) is 9.13 Å². The Labute approximate surface area is 424 Å². The van der Waals surface area contributed by atoms with Crippen molar-refractivity contribution in [2.24, 2.45) is 5.92 Å². The van der Waals surface area contributed by atoms with Gasteiger partial charge in [-0.25, -0.2) is 0 Å². The van der Waals surface area contributed by atoms with Crippen LogP contribution in [0, 0.1) is 5.92 Å². The lowest BCUT2D eigenvalue weighted by Crippen LogP contribution is -2.11. The van der Waals surface area contributed by atoms with Crippen LogP contribution in [0.15, 0.2) is 267 Å². The molecule has 14 rings (SSSR count). The van der Waals surface area contributed by atoms with E-state index in [1.165, 1.54) is 70.9 Å². The third kappa shape index (κ3) is 7.21. The van der Waals surface area contributed by atoms with E-state index in [1.54, 1.807) is 0 Å². The largest absolute Gasteiger partial charge is 0.310 e. The van der Waals surface area contributed by atoms with Crippen LogP contribution in [0.3, 0.4) is 0 Å². The van der Waals surface area contributed by atoms with Crippen molar-refractivity contribution in [3.8, 4) is 16.8 Å². The molecule has 13 aromatic rings. The SMILES string of the molecule is CC1C=C(n2c3ccccc3c3cc(N(c4ccc(-c5ccc(N(c6ccc7c(c6)c6ccccc6n7-c6ccccc6)c6cccc7ccccc67)cc5)cc4)c4cccc5ccccc45)ccc32)C=CC1. The van der Waals surface area contributed by atoms with Crippen LogP contribution in [0.25, 0.3) is 87.7 Å². The summed E-state index contributed by atoms with van der Waals surface area (Å²) in [6.07, 6.45) is 8.07. The van der Waals surface area contributed by atoms with E-state index in [-0.39, 0.29) is 0 Å². The van der Waals surface area contributed by atoms with Gasteiger partial charge in [-0.15, -0.1) is 0 Å². The highest BCUT2D eigenvalue weighted by Gasteiger charge is 2.22. The first-order valence-corrected chi connectivity index (χ1v) is 25.4. The molecule has 4 nitrogen and oxygen atoms in total. The monoisotopic (exact) mass is 934 g/mol. The summed E-state index contributed by atoms with van der Waals surface area (Å²) in [5, 5.41) is 9.75. The fourth-order valence-electron chi connectivity index (χ4n) is 11.6. The second-order valence-corrected chi connectivity index (χ2v) is 19.4. The van der Waals surface area contributed by atoms with Gasteiger partial charge in [-0.2, -0.15) is 0 Å². The summed E-state index contributed by atoms with van der Waals surface area (Å²) in [5.74, 6) is 0.491. The number of aromatic nitrogens is 2. The summed E-state index contributed by atoms with van der Waals surface area (Å²) >= 11 is 0. The molecule has 0 bridgehead atoms. The molecule has 1 unspecified atom stereocenters. The molecule has 0 N–H and O–H groups in total. The molecule has 73 heavy (non-hydrogen) atoms. The number of fused-ring (bicyclic) bond motifs is 8. The minimum atomic E-state index is 0.491. The Morgan fingerprint density at radius 3 is 1.32 bits per heavy atom. The van der Waals surface area contributed by atoms with Crippen molar-refractivity contribution in [3.05, 3.63) is 267 Å². The maximum atomic E-state index is 2.44. The number of rotatable bonds is 9. The van der Waals surface area contributed by atoms with Gasteiger partial charge in [0.05, 0.1) is 33.4 Å². The topological polar surface area (TPSA) is 16.3 Å². The van der Waals surface area contributed by atoms with Gasteiger partial charge in [0.1, 0.15) is 0 Å². The Kier molecular flexibility index (Phi) is 10.2. The van der Waals surface area contributed by atoms with E-state index in [0.717, 1.165) is 57.4 Å². The van der Waals surface area contributed by atoms with Crippen molar-refractivity contribution < 1.29 is 0 Å². The molecule has 1 aliphatic carbocycles.